The molecule has 1 aliphatic rings. The molecule has 0 atom stereocenters. The van der Waals surface area contributed by atoms with E-state index in [1.54, 1.807) is 0 Å². The third-order valence-corrected chi connectivity index (χ3v) is 3.68. The summed E-state index contributed by atoms with van der Waals surface area (Å²) in [4.78, 5) is 11.3. The molecule has 0 bridgehead atoms. The van der Waals surface area contributed by atoms with E-state index in [9.17, 15) is 23.8 Å². The molecule has 3 nitrogen and oxygen atoms in total. The number of halogens is 2. The molecule has 0 saturated heterocycles. The van der Waals surface area contributed by atoms with Crippen LogP contribution in [0.25, 0.3) is 0 Å². The molecule has 0 radical (unpaired) electrons. The number of hydrogen-bond acceptors (Lipinski definition) is 2. The van der Waals surface area contributed by atoms with Crippen LogP contribution in [0.1, 0.15) is 31.2 Å². The first-order chi connectivity index (χ1) is 8.40. The molecule has 1 fully saturated rings. The van der Waals surface area contributed by atoms with E-state index in [1.807, 2.05) is 0 Å². The second kappa shape index (κ2) is 4.23. The highest BCUT2D eigenvalue weighted by Crippen LogP contribution is 2.55. The molecule has 2 N–H and O–H groups in total. The fourth-order valence-electron chi connectivity index (χ4n) is 2.62. The third kappa shape index (κ3) is 1.74. The number of hydrogen-bond donors (Lipinski definition) is 2. The summed E-state index contributed by atoms with van der Waals surface area (Å²) >= 11 is 0. The largest absolute Gasteiger partial charge is 0.508 e. The van der Waals surface area contributed by atoms with Gasteiger partial charge in [-0.25, -0.2) is 8.78 Å². The van der Waals surface area contributed by atoms with E-state index in [4.69, 9.17) is 0 Å². The molecule has 18 heavy (non-hydrogen) atoms. The van der Waals surface area contributed by atoms with Gasteiger partial charge in [0, 0.05) is 5.56 Å². The summed E-state index contributed by atoms with van der Waals surface area (Å²) < 4.78 is 28.9. The summed E-state index contributed by atoms with van der Waals surface area (Å²) in [5.41, 5.74) is -2.48. The molecule has 1 aromatic carbocycles. The van der Waals surface area contributed by atoms with Crippen LogP contribution in [0.2, 0.25) is 0 Å². The van der Waals surface area contributed by atoms with Gasteiger partial charge in [-0.3, -0.25) is 4.79 Å². The zero-order chi connectivity index (χ0) is 13.4. The Morgan fingerprint density at radius 3 is 2.39 bits per heavy atom. The maximum absolute atomic E-state index is 14.5. The van der Waals surface area contributed by atoms with Crippen molar-refractivity contribution in [2.75, 3.05) is 0 Å². The van der Waals surface area contributed by atoms with Crippen LogP contribution in [0.4, 0.5) is 8.78 Å². The van der Waals surface area contributed by atoms with E-state index in [1.165, 1.54) is 12.1 Å². The summed E-state index contributed by atoms with van der Waals surface area (Å²) in [6, 6.07) is 4.66. The molecule has 2 rings (SSSR count). The van der Waals surface area contributed by atoms with Gasteiger partial charge in [0.05, 0.1) is 0 Å². The molecule has 98 valence electrons. The van der Waals surface area contributed by atoms with Gasteiger partial charge in [-0.05, 0) is 25.0 Å². The van der Waals surface area contributed by atoms with E-state index in [0.717, 1.165) is 12.1 Å². The molecule has 1 aliphatic carbocycles. The standard InChI is InChI=1S/C13H14F2O3/c14-13(15,9-4-3-5-10(16)8-9)12(11(17)18)6-1-2-7-12/h3-5,8,16H,1-2,6-7H2,(H,17,18). The van der Waals surface area contributed by atoms with Crippen LogP contribution in [-0.4, -0.2) is 16.2 Å². The topological polar surface area (TPSA) is 57.5 Å². The molecule has 0 amide bonds. The maximum atomic E-state index is 14.5. The van der Waals surface area contributed by atoms with E-state index in [0.29, 0.717) is 12.8 Å². The van der Waals surface area contributed by atoms with Crippen LogP contribution in [0.5, 0.6) is 5.75 Å². The van der Waals surface area contributed by atoms with Crippen LogP contribution >= 0.6 is 0 Å². The molecular weight excluding hydrogens is 242 g/mol. The van der Waals surface area contributed by atoms with Crippen LogP contribution in [0.3, 0.4) is 0 Å². The summed E-state index contributed by atoms with van der Waals surface area (Å²) in [5, 5.41) is 18.4. The number of benzene rings is 1. The number of carboxylic acid groups (broad SMARTS) is 1. The highest BCUT2D eigenvalue weighted by molar-refractivity contribution is 5.77. The molecule has 0 aliphatic heterocycles. The number of carboxylic acids is 1. The lowest BCUT2D eigenvalue weighted by atomic mass is 9.76. The van der Waals surface area contributed by atoms with Crippen LogP contribution in [0, 0.1) is 5.41 Å². The zero-order valence-electron chi connectivity index (χ0n) is 9.70. The van der Waals surface area contributed by atoms with Crippen LogP contribution in [-0.2, 0) is 10.7 Å². The summed E-state index contributed by atoms with van der Waals surface area (Å²) in [6.45, 7) is 0. The maximum Gasteiger partial charge on any atom is 0.316 e. The van der Waals surface area contributed by atoms with Crippen molar-refractivity contribution in [2.45, 2.75) is 31.6 Å². The van der Waals surface area contributed by atoms with Crippen molar-refractivity contribution >= 4 is 5.97 Å². The van der Waals surface area contributed by atoms with Crippen molar-refractivity contribution in [3.8, 4) is 5.75 Å². The fourth-order valence-corrected chi connectivity index (χ4v) is 2.62. The van der Waals surface area contributed by atoms with Crippen molar-refractivity contribution in [3.63, 3.8) is 0 Å². The highest BCUT2D eigenvalue weighted by Gasteiger charge is 2.61. The minimum atomic E-state index is -3.48. The Labute approximate surface area is 103 Å². The highest BCUT2D eigenvalue weighted by atomic mass is 19.3. The smallest absolute Gasteiger partial charge is 0.316 e. The van der Waals surface area contributed by atoms with Crippen molar-refractivity contribution in [1.29, 1.82) is 0 Å². The van der Waals surface area contributed by atoms with Gasteiger partial charge in [0.25, 0.3) is 5.92 Å². The summed E-state index contributed by atoms with van der Waals surface area (Å²) in [6.07, 6.45) is 0.900. The number of carbonyl (C=O) groups is 1. The number of alkyl halides is 2. The van der Waals surface area contributed by atoms with Gasteiger partial charge in [0.1, 0.15) is 11.2 Å². The average molecular weight is 256 g/mol. The monoisotopic (exact) mass is 256 g/mol. The number of rotatable bonds is 3. The minimum absolute atomic E-state index is 0.0367. The summed E-state index contributed by atoms with van der Waals surface area (Å²) in [5.74, 6) is -5.23. The van der Waals surface area contributed by atoms with Crippen molar-refractivity contribution in [3.05, 3.63) is 29.8 Å². The first-order valence-electron chi connectivity index (χ1n) is 5.81. The van der Waals surface area contributed by atoms with Crippen molar-refractivity contribution in [1.82, 2.24) is 0 Å². The van der Waals surface area contributed by atoms with E-state index in [-0.39, 0.29) is 18.6 Å². The van der Waals surface area contributed by atoms with Crippen molar-refractivity contribution < 1.29 is 23.8 Å². The Morgan fingerprint density at radius 2 is 1.89 bits per heavy atom. The molecular formula is C13H14F2O3. The van der Waals surface area contributed by atoms with Crippen LogP contribution < -0.4 is 0 Å². The van der Waals surface area contributed by atoms with Gasteiger partial charge in [-0.15, -0.1) is 0 Å². The average Bonchev–Trinajstić information content (AvgIpc) is 2.79. The lowest BCUT2D eigenvalue weighted by Gasteiger charge is -2.33. The Morgan fingerprint density at radius 1 is 1.28 bits per heavy atom. The quantitative estimate of drug-likeness (QED) is 0.873. The van der Waals surface area contributed by atoms with E-state index >= 15 is 0 Å². The van der Waals surface area contributed by atoms with Crippen LogP contribution in [0.15, 0.2) is 24.3 Å². The SMILES string of the molecule is O=C(O)C1(C(F)(F)c2cccc(O)c2)CCCC1. The van der Waals surface area contributed by atoms with Gasteiger partial charge in [0.2, 0.25) is 0 Å². The fraction of sp³-hybridized carbons (Fsp3) is 0.462. The minimum Gasteiger partial charge on any atom is -0.508 e. The lowest BCUT2D eigenvalue weighted by Crippen LogP contribution is -2.43. The zero-order valence-corrected chi connectivity index (χ0v) is 9.70. The van der Waals surface area contributed by atoms with Gasteiger partial charge in [-0.1, -0.05) is 25.0 Å². The first-order valence-corrected chi connectivity index (χ1v) is 5.81. The first kappa shape index (κ1) is 12.8. The van der Waals surface area contributed by atoms with Crippen molar-refractivity contribution in [2.24, 2.45) is 5.41 Å². The molecule has 0 heterocycles. The molecule has 0 unspecified atom stereocenters. The summed E-state index contributed by atoms with van der Waals surface area (Å²) in [7, 11) is 0. The Kier molecular flexibility index (Phi) is 3.00. The normalized spacial score (nSPS) is 18.8. The van der Waals surface area contributed by atoms with Gasteiger partial charge < -0.3 is 10.2 Å². The number of phenols is 1. The predicted octanol–water partition coefficient (Wildman–Crippen LogP) is 3.13. The number of phenolic OH excluding ortho intramolecular Hbond substituents is 1. The lowest BCUT2D eigenvalue weighted by molar-refractivity contribution is -0.182. The van der Waals surface area contributed by atoms with E-state index < -0.39 is 22.9 Å². The van der Waals surface area contributed by atoms with Gasteiger partial charge in [-0.2, -0.15) is 0 Å². The van der Waals surface area contributed by atoms with Gasteiger partial charge in [0.15, 0.2) is 0 Å². The second-order valence-corrected chi connectivity index (χ2v) is 4.72. The number of aliphatic carboxylic acids is 1. The molecule has 1 saturated carbocycles. The Bertz CT molecular complexity index is 465. The molecule has 1 aromatic rings. The molecule has 0 aromatic heterocycles. The Hall–Kier alpha value is -1.65. The molecule has 5 heteroatoms. The second-order valence-electron chi connectivity index (χ2n) is 4.72. The predicted molar refractivity (Wildman–Crippen MR) is 60.5 cm³/mol. The number of aromatic hydroxyl groups is 1. The van der Waals surface area contributed by atoms with E-state index in [2.05, 4.69) is 0 Å². The van der Waals surface area contributed by atoms with Gasteiger partial charge >= 0.3 is 5.97 Å². The third-order valence-electron chi connectivity index (χ3n) is 3.68. The molecule has 0 spiro atoms. The Balaban J connectivity index is 2.49.